The zero-order chi connectivity index (χ0) is 10.6. The van der Waals surface area contributed by atoms with Crippen LogP contribution in [0, 0.1) is 0 Å². The molecule has 2 N–H and O–H groups in total. The molecule has 0 radical (unpaired) electrons. The number of ether oxygens (including phenoxy) is 1. The number of nitrogens with one attached hydrogen (secondary N) is 2. The van der Waals surface area contributed by atoms with Crippen molar-refractivity contribution < 1.29 is 14.3 Å². The van der Waals surface area contributed by atoms with Crippen LogP contribution in [-0.4, -0.2) is 37.6 Å². The molecule has 0 bridgehead atoms. The van der Waals surface area contributed by atoms with E-state index in [9.17, 15) is 9.59 Å². The molecule has 1 unspecified atom stereocenters. The Bertz CT molecular complexity index is 226. The van der Waals surface area contributed by atoms with Crippen LogP contribution in [0.4, 0.5) is 0 Å². The molecule has 1 rings (SSSR count). The van der Waals surface area contributed by atoms with Gasteiger partial charge in [0, 0.05) is 19.5 Å². The van der Waals surface area contributed by atoms with Crippen molar-refractivity contribution >= 4 is 11.9 Å². The molecule has 5 nitrogen and oxygen atoms in total. The van der Waals surface area contributed by atoms with Crippen LogP contribution in [0.5, 0.6) is 0 Å². The van der Waals surface area contributed by atoms with Crippen molar-refractivity contribution in [2.45, 2.75) is 31.8 Å². The first-order chi connectivity index (χ1) is 6.63. The average molecular weight is 200 g/mol. The zero-order valence-electron chi connectivity index (χ0n) is 8.50. The van der Waals surface area contributed by atoms with E-state index in [4.69, 9.17) is 0 Å². The number of carbonyl (C=O) groups is 2. The van der Waals surface area contributed by atoms with Gasteiger partial charge in [0.25, 0.3) is 0 Å². The molecule has 5 heteroatoms. The summed E-state index contributed by atoms with van der Waals surface area (Å²) >= 11 is 0. The maximum Gasteiger partial charge on any atom is 0.329 e. The van der Waals surface area contributed by atoms with Gasteiger partial charge in [0.15, 0.2) is 0 Å². The number of amides is 1. The van der Waals surface area contributed by atoms with Crippen LogP contribution in [0.3, 0.4) is 0 Å². The van der Waals surface area contributed by atoms with Gasteiger partial charge in [-0.1, -0.05) is 0 Å². The third-order valence-electron chi connectivity index (χ3n) is 2.05. The van der Waals surface area contributed by atoms with Gasteiger partial charge in [-0.3, -0.25) is 4.79 Å². The standard InChI is InChI=1S/C9H16N2O3/c1-6(12)11-8(9(13)14-2)5-10-7-3-4-7/h7-8,10H,3-5H2,1-2H3,(H,11,12). The van der Waals surface area contributed by atoms with Crippen molar-refractivity contribution in [2.24, 2.45) is 0 Å². The van der Waals surface area contributed by atoms with Gasteiger partial charge >= 0.3 is 5.97 Å². The fourth-order valence-electron chi connectivity index (χ4n) is 1.15. The van der Waals surface area contributed by atoms with Crippen molar-refractivity contribution in [3.05, 3.63) is 0 Å². The van der Waals surface area contributed by atoms with Gasteiger partial charge in [0.2, 0.25) is 5.91 Å². The van der Waals surface area contributed by atoms with Crippen LogP contribution in [-0.2, 0) is 14.3 Å². The molecule has 0 spiro atoms. The molecule has 1 fully saturated rings. The Morgan fingerprint density at radius 3 is 2.57 bits per heavy atom. The molecule has 1 atom stereocenters. The Morgan fingerprint density at radius 2 is 2.14 bits per heavy atom. The van der Waals surface area contributed by atoms with Gasteiger partial charge in [-0.2, -0.15) is 0 Å². The Balaban J connectivity index is 2.33. The van der Waals surface area contributed by atoms with Crippen molar-refractivity contribution in [1.29, 1.82) is 0 Å². The Morgan fingerprint density at radius 1 is 1.50 bits per heavy atom. The summed E-state index contributed by atoms with van der Waals surface area (Å²) in [6.07, 6.45) is 2.29. The van der Waals surface area contributed by atoms with Crippen LogP contribution >= 0.6 is 0 Å². The van der Waals surface area contributed by atoms with Crippen molar-refractivity contribution in [3.8, 4) is 0 Å². The average Bonchev–Trinajstić information content (AvgIpc) is 2.93. The largest absolute Gasteiger partial charge is 0.467 e. The summed E-state index contributed by atoms with van der Waals surface area (Å²) in [6, 6.07) is -0.0611. The fourth-order valence-corrected chi connectivity index (χ4v) is 1.15. The molecule has 1 amide bonds. The van der Waals surface area contributed by atoms with Crippen LogP contribution in [0.15, 0.2) is 0 Å². The van der Waals surface area contributed by atoms with E-state index in [-0.39, 0.29) is 5.91 Å². The molecular weight excluding hydrogens is 184 g/mol. The van der Waals surface area contributed by atoms with E-state index < -0.39 is 12.0 Å². The summed E-state index contributed by atoms with van der Waals surface area (Å²) in [6.45, 7) is 1.82. The van der Waals surface area contributed by atoms with Gasteiger partial charge in [-0.15, -0.1) is 0 Å². The second-order valence-electron chi connectivity index (χ2n) is 3.46. The molecule has 0 aromatic rings. The first-order valence-corrected chi connectivity index (χ1v) is 4.71. The summed E-state index contributed by atoms with van der Waals surface area (Å²) in [7, 11) is 1.31. The molecule has 0 aliphatic heterocycles. The second kappa shape index (κ2) is 4.95. The van der Waals surface area contributed by atoms with Gasteiger partial charge in [-0.05, 0) is 12.8 Å². The highest BCUT2D eigenvalue weighted by molar-refractivity contribution is 5.83. The number of hydrogen-bond donors (Lipinski definition) is 2. The molecule has 0 saturated heterocycles. The molecule has 0 aromatic carbocycles. The third kappa shape index (κ3) is 3.74. The highest BCUT2D eigenvalue weighted by Crippen LogP contribution is 2.18. The highest BCUT2D eigenvalue weighted by Gasteiger charge is 2.25. The van der Waals surface area contributed by atoms with E-state index in [2.05, 4.69) is 15.4 Å². The number of hydrogen-bond acceptors (Lipinski definition) is 4. The monoisotopic (exact) mass is 200 g/mol. The van der Waals surface area contributed by atoms with Gasteiger partial charge in [-0.25, -0.2) is 4.79 Å². The summed E-state index contributed by atoms with van der Waals surface area (Å²) in [5, 5.41) is 5.70. The van der Waals surface area contributed by atoms with E-state index >= 15 is 0 Å². The lowest BCUT2D eigenvalue weighted by atomic mass is 10.3. The van der Waals surface area contributed by atoms with Crippen LogP contribution in [0.2, 0.25) is 0 Å². The first-order valence-electron chi connectivity index (χ1n) is 4.71. The van der Waals surface area contributed by atoms with Crippen LogP contribution in [0.25, 0.3) is 0 Å². The van der Waals surface area contributed by atoms with Crippen molar-refractivity contribution in [2.75, 3.05) is 13.7 Å². The van der Waals surface area contributed by atoms with E-state index in [1.54, 1.807) is 0 Å². The Labute approximate surface area is 83.2 Å². The minimum absolute atomic E-state index is 0.224. The lowest BCUT2D eigenvalue weighted by Gasteiger charge is -2.15. The SMILES string of the molecule is COC(=O)C(CNC1CC1)NC(C)=O. The molecule has 1 saturated carbocycles. The highest BCUT2D eigenvalue weighted by atomic mass is 16.5. The summed E-state index contributed by atoms with van der Waals surface area (Å²) < 4.78 is 4.57. The summed E-state index contributed by atoms with van der Waals surface area (Å²) in [4.78, 5) is 22.0. The van der Waals surface area contributed by atoms with Crippen molar-refractivity contribution in [3.63, 3.8) is 0 Å². The lowest BCUT2D eigenvalue weighted by molar-refractivity contribution is -0.144. The molecule has 0 heterocycles. The maximum absolute atomic E-state index is 11.2. The van der Waals surface area contributed by atoms with Crippen molar-refractivity contribution in [1.82, 2.24) is 10.6 Å². The Hall–Kier alpha value is -1.10. The molecule has 1 aliphatic rings. The van der Waals surface area contributed by atoms with Gasteiger partial charge < -0.3 is 15.4 Å². The van der Waals surface area contributed by atoms with Crippen LogP contribution < -0.4 is 10.6 Å². The first kappa shape index (κ1) is 11.0. The molecular formula is C9H16N2O3. The third-order valence-corrected chi connectivity index (χ3v) is 2.05. The topological polar surface area (TPSA) is 67.4 Å². The normalized spacial score (nSPS) is 17.3. The van der Waals surface area contributed by atoms with Gasteiger partial charge in [0.1, 0.15) is 6.04 Å². The number of esters is 1. The molecule has 80 valence electrons. The predicted octanol–water partition coefficient (Wildman–Crippen LogP) is -0.584. The van der Waals surface area contributed by atoms with E-state index in [1.807, 2.05) is 0 Å². The number of carbonyl (C=O) groups excluding carboxylic acids is 2. The maximum atomic E-state index is 11.2. The fraction of sp³-hybridized carbons (Fsp3) is 0.778. The Kier molecular flexibility index (Phi) is 3.88. The van der Waals surface area contributed by atoms with Gasteiger partial charge in [0.05, 0.1) is 7.11 Å². The molecule has 0 aromatic heterocycles. The second-order valence-corrected chi connectivity index (χ2v) is 3.46. The lowest BCUT2D eigenvalue weighted by Crippen LogP contribution is -2.47. The predicted molar refractivity (Wildman–Crippen MR) is 50.6 cm³/mol. The van der Waals surface area contributed by atoms with E-state index in [0.29, 0.717) is 12.6 Å². The molecule has 1 aliphatic carbocycles. The minimum atomic E-state index is -0.571. The summed E-state index contributed by atoms with van der Waals surface area (Å²) in [5.74, 6) is -0.633. The summed E-state index contributed by atoms with van der Waals surface area (Å²) in [5.41, 5.74) is 0. The molecule has 14 heavy (non-hydrogen) atoms. The number of methoxy groups -OCH3 is 1. The van der Waals surface area contributed by atoms with E-state index in [0.717, 1.165) is 12.8 Å². The van der Waals surface area contributed by atoms with E-state index in [1.165, 1.54) is 14.0 Å². The smallest absolute Gasteiger partial charge is 0.329 e. The quantitative estimate of drug-likeness (QED) is 0.582. The number of rotatable bonds is 5. The van der Waals surface area contributed by atoms with Crippen LogP contribution in [0.1, 0.15) is 19.8 Å². The zero-order valence-corrected chi connectivity index (χ0v) is 8.50. The minimum Gasteiger partial charge on any atom is -0.467 e.